The predicted octanol–water partition coefficient (Wildman–Crippen LogP) is 2.20. The lowest BCUT2D eigenvalue weighted by Crippen LogP contribution is -2.22. The van der Waals surface area contributed by atoms with E-state index in [2.05, 4.69) is 6.07 Å². The number of pyridine rings is 1. The van der Waals surface area contributed by atoms with E-state index in [0.717, 1.165) is 11.1 Å². The first-order valence-corrected chi connectivity index (χ1v) is 6.98. The molecule has 0 spiro atoms. The van der Waals surface area contributed by atoms with Gasteiger partial charge in [-0.25, -0.2) is 0 Å². The van der Waals surface area contributed by atoms with Gasteiger partial charge in [0.2, 0.25) is 0 Å². The van der Waals surface area contributed by atoms with Crippen LogP contribution in [0.3, 0.4) is 0 Å². The number of ether oxygens (including phenoxy) is 1. The summed E-state index contributed by atoms with van der Waals surface area (Å²) in [4.78, 5) is 13.4. The summed E-state index contributed by atoms with van der Waals surface area (Å²) in [6.07, 6.45) is 4.26. The van der Waals surface area contributed by atoms with E-state index in [-0.39, 0.29) is 5.97 Å². The smallest absolute Gasteiger partial charge is 0.307 e. The van der Waals surface area contributed by atoms with E-state index in [1.54, 1.807) is 6.92 Å². The molecule has 2 aromatic heterocycles. The monoisotopic (exact) mass is 285 g/mol. The Balaban J connectivity index is 2.06. The molecule has 5 nitrogen and oxygen atoms in total. The van der Waals surface area contributed by atoms with Crippen molar-refractivity contribution in [3.05, 3.63) is 41.7 Å². The highest BCUT2D eigenvalue weighted by molar-refractivity contribution is 5.69. The van der Waals surface area contributed by atoms with Gasteiger partial charge in [-0.15, -0.1) is 0 Å². The summed E-state index contributed by atoms with van der Waals surface area (Å²) in [7, 11) is 1.93. The van der Waals surface area contributed by atoms with Crippen LogP contribution in [0.25, 0.3) is 5.52 Å². The van der Waals surface area contributed by atoms with Gasteiger partial charge in [0.05, 0.1) is 24.1 Å². The molecule has 110 valence electrons. The zero-order chi connectivity index (χ0) is 15.2. The second-order valence-corrected chi connectivity index (χ2v) is 4.93. The van der Waals surface area contributed by atoms with Crippen molar-refractivity contribution in [3.63, 3.8) is 0 Å². The Morgan fingerprint density at radius 1 is 1.48 bits per heavy atom. The van der Waals surface area contributed by atoms with Crippen LogP contribution in [0.1, 0.15) is 24.5 Å². The van der Waals surface area contributed by atoms with Crippen molar-refractivity contribution in [2.45, 2.75) is 19.9 Å². The molecule has 2 heterocycles. The minimum Gasteiger partial charge on any atom is -0.466 e. The van der Waals surface area contributed by atoms with Crippen molar-refractivity contribution in [2.75, 3.05) is 20.2 Å². The second-order valence-electron chi connectivity index (χ2n) is 4.93. The minimum atomic E-state index is -0.188. The fourth-order valence-electron chi connectivity index (χ4n) is 2.31. The Morgan fingerprint density at radius 2 is 2.29 bits per heavy atom. The Bertz CT molecular complexity index is 670. The first-order valence-electron chi connectivity index (χ1n) is 6.98. The van der Waals surface area contributed by atoms with Crippen LogP contribution in [0.2, 0.25) is 0 Å². The summed E-state index contributed by atoms with van der Waals surface area (Å²) in [6.45, 7) is 3.44. The molecule has 0 aliphatic rings. The van der Waals surface area contributed by atoms with Crippen molar-refractivity contribution in [1.29, 1.82) is 5.26 Å². The van der Waals surface area contributed by atoms with Gasteiger partial charge < -0.3 is 14.0 Å². The number of carbonyl (C=O) groups is 1. The summed E-state index contributed by atoms with van der Waals surface area (Å²) in [6, 6.07) is 8.06. The van der Waals surface area contributed by atoms with Crippen LogP contribution in [0.4, 0.5) is 0 Å². The summed E-state index contributed by atoms with van der Waals surface area (Å²) in [5.41, 5.74) is 2.57. The molecule has 0 bridgehead atoms. The van der Waals surface area contributed by atoms with Crippen molar-refractivity contribution >= 4 is 11.5 Å². The van der Waals surface area contributed by atoms with Crippen LogP contribution in [0.5, 0.6) is 0 Å². The minimum absolute atomic E-state index is 0.188. The Kier molecular flexibility index (Phi) is 4.96. The van der Waals surface area contributed by atoms with Gasteiger partial charge in [0.25, 0.3) is 0 Å². The normalized spacial score (nSPS) is 10.8. The molecule has 0 unspecified atom stereocenters. The SMILES string of the molecule is CCOC(=O)CCN(C)Cc1cn2ccccc2c1C#N. The average Bonchev–Trinajstić information content (AvgIpc) is 2.82. The molecular formula is C16H19N3O2. The van der Waals surface area contributed by atoms with E-state index in [1.165, 1.54) is 0 Å². The lowest BCUT2D eigenvalue weighted by molar-refractivity contribution is -0.143. The van der Waals surface area contributed by atoms with E-state index in [4.69, 9.17) is 4.74 Å². The fourth-order valence-corrected chi connectivity index (χ4v) is 2.31. The first kappa shape index (κ1) is 15.1. The van der Waals surface area contributed by atoms with Gasteiger partial charge in [-0.05, 0) is 26.1 Å². The second kappa shape index (κ2) is 6.91. The molecule has 0 aliphatic heterocycles. The van der Waals surface area contributed by atoms with Crippen LogP contribution >= 0.6 is 0 Å². The third kappa shape index (κ3) is 3.61. The van der Waals surface area contributed by atoms with Gasteiger partial charge in [0.1, 0.15) is 6.07 Å². The molecule has 2 aromatic rings. The maximum atomic E-state index is 11.4. The number of hydrogen-bond acceptors (Lipinski definition) is 4. The number of rotatable bonds is 6. The summed E-state index contributed by atoms with van der Waals surface area (Å²) >= 11 is 0. The number of nitrogens with zero attached hydrogens (tertiary/aromatic N) is 3. The third-order valence-corrected chi connectivity index (χ3v) is 3.32. The van der Waals surface area contributed by atoms with Gasteiger partial charge in [0, 0.05) is 31.0 Å². The molecule has 2 rings (SSSR count). The van der Waals surface area contributed by atoms with Crippen molar-refractivity contribution in [1.82, 2.24) is 9.30 Å². The number of nitriles is 1. The van der Waals surface area contributed by atoms with Crippen LogP contribution in [0.15, 0.2) is 30.6 Å². The van der Waals surface area contributed by atoms with Gasteiger partial charge in [0.15, 0.2) is 0 Å². The Hall–Kier alpha value is -2.32. The van der Waals surface area contributed by atoms with Crippen molar-refractivity contribution < 1.29 is 9.53 Å². The molecule has 0 atom stereocenters. The Labute approximate surface area is 124 Å². The molecule has 0 saturated carbocycles. The molecule has 5 heteroatoms. The third-order valence-electron chi connectivity index (χ3n) is 3.32. The number of esters is 1. The maximum absolute atomic E-state index is 11.4. The van der Waals surface area contributed by atoms with E-state index >= 15 is 0 Å². The first-order chi connectivity index (χ1) is 10.2. The van der Waals surface area contributed by atoms with Crippen molar-refractivity contribution in [3.8, 4) is 6.07 Å². The summed E-state index contributed by atoms with van der Waals surface area (Å²) in [5.74, 6) is -0.188. The lowest BCUT2D eigenvalue weighted by Gasteiger charge is -2.15. The Morgan fingerprint density at radius 3 is 3.00 bits per heavy atom. The average molecular weight is 285 g/mol. The quantitative estimate of drug-likeness (QED) is 0.763. The van der Waals surface area contributed by atoms with E-state index in [1.807, 2.05) is 46.9 Å². The highest BCUT2D eigenvalue weighted by Gasteiger charge is 2.12. The zero-order valence-electron chi connectivity index (χ0n) is 12.4. The van der Waals surface area contributed by atoms with Gasteiger partial charge >= 0.3 is 5.97 Å². The van der Waals surface area contributed by atoms with E-state index in [9.17, 15) is 10.1 Å². The van der Waals surface area contributed by atoms with Gasteiger partial charge in [-0.3, -0.25) is 4.79 Å². The molecule has 0 saturated heterocycles. The summed E-state index contributed by atoms with van der Waals surface area (Å²) in [5, 5.41) is 9.35. The largest absolute Gasteiger partial charge is 0.466 e. The number of hydrogen-bond donors (Lipinski definition) is 0. The van der Waals surface area contributed by atoms with Crippen LogP contribution in [-0.4, -0.2) is 35.5 Å². The molecule has 0 fully saturated rings. The maximum Gasteiger partial charge on any atom is 0.307 e. The zero-order valence-corrected chi connectivity index (χ0v) is 12.4. The highest BCUT2D eigenvalue weighted by Crippen LogP contribution is 2.19. The van der Waals surface area contributed by atoms with E-state index < -0.39 is 0 Å². The summed E-state index contributed by atoms with van der Waals surface area (Å²) < 4.78 is 6.86. The molecule has 0 radical (unpaired) electrons. The molecule has 21 heavy (non-hydrogen) atoms. The molecule has 0 amide bonds. The number of carbonyl (C=O) groups excluding carboxylic acids is 1. The predicted molar refractivity (Wildman–Crippen MR) is 79.7 cm³/mol. The fraction of sp³-hybridized carbons (Fsp3) is 0.375. The standard InChI is InChI=1S/C16H19N3O2/c1-3-21-16(20)7-9-18(2)11-13-12-19-8-5-4-6-15(19)14(13)10-17/h4-6,8,12H,3,7,9,11H2,1-2H3. The van der Waals surface area contributed by atoms with Crippen molar-refractivity contribution in [2.24, 2.45) is 0 Å². The van der Waals surface area contributed by atoms with Crippen LogP contribution < -0.4 is 0 Å². The van der Waals surface area contributed by atoms with Gasteiger partial charge in [-0.2, -0.15) is 5.26 Å². The van der Waals surface area contributed by atoms with E-state index in [0.29, 0.717) is 31.7 Å². The number of aromatic nitrogens is 1. The van der Waals surface area contributed by atoms with Gasteiger partial charge in [-0.1, -0.05) is 6.07 Å². The highest BCUT2D eigenvalue weighted by atomic mass is 16.5. The molecule has 0 aliphatic carbocycles. The van der Waals surface area contributed by atoms with Crippen LogP contribution in [0, 0.1) is 11.3 Å². The molecule has 0 N–H and O–H groups in total. The molecular weight excluding hydrogens is 266 g/mol. The molecule has 0 aromatic carbocycles. The number of fused-ring (bicyclic) bond motifs is 1. The topological polar surface area (TPSA) is 57.7 Å². The van der Waals surface area contributed by atoms with Crippen LogP contribution in [-0.2, 0) is 16.1 Å². The lowest BCUT2D eigenvalue weighted by atomic mass is 10.1.